The number of likely N-dealkylation sites (tertiary alicyclic amines) is 1. The molecular weight excluding hydrogens is 230 g/mol. The minimum Gasteiger partial charge on any atom is -0.444 e. The van der Waals surface area contributed by atoms with Crippen LogP contribution < -0.4 is 0 Å². The van der Waals surface area contributed by atoms with E-state index >= 15 is 0 Å². The lowest BCUT2D eigenvalue weighted by Gasteiger charge is -2.28. The second-order valence-corrected chi connectivity index (χ2v) is 5.90. The average molecular weight is 255 g/mol. The molecule has 0 aromatic carbocycles. The van der Waals surface area contributed by atoms with Crippen LogP contribution in [0.4, 0.5) is 4.79 Å². The third-order valence-corrected chi connectivity index (χ3v) is 3.03. The molecule has 1 saturated heterocycles. The van der Waals surface area contributed by atoms with Crippen LogP contribution in [-0.2, 0) is 9.53 Å². The topological polar surface area (TPSA) is 46.6 Å². The van der Waals surface area contributed by atoms with Gasteiger partial charge in [-0.3, -0.25) is 9.69 Å². The van der Waals surface area contributed by atoms with Gasteiger partial charge in [0.25, 0.3) is 0 Å². The molecule has 1 amide bonds. The monoisotopic (exact) mass is 255 g/mol. The highest BCUT2D eigenvalue weighted by atomic mass is 16.6. The summed E-state index contributed by atoms with van der Waals surface area (Å²) in [6.45, 7) is 8.23. The first-order chi connectivity index (χ1) is 8.35. The highest BCUT2D eigenvalue weighted by Gasteiger charge is 2.35. The summed E-state index contributed by atoms with van der Waals surface area (Å²) in [5.74, 6) is 0.181. The zero-order valence-corrected chi connectivity index (χ0v) is 12.0. The van der Waals surface area contributed by atoms with E-state index in [9.17, 15) is 9.59 Å². The first kappa shape index (κ1) is 15.0. The largest absolute Gasteiger partial charge is 0.444 e. The van der Waals surface area contributed by atoms with E-state index in [4.69, 9.17) is 4.74 Å². The van der Waals surface area contributed by atoms with Gasteiger partial charge < -0.3 is 4.74 Å². The first-order valence-corrected chi connectivity index (χ1v) is 6.87. The lowest BCUT2D eigenvalue weighted by Crippen LogP contribution is -2.43. The second kappa shape index (κ2) is 6.21. The zero-order valence-electron chi connectivity index (χ0n) is 12.0. The Hall–Kier alpha value is -1.06. The highest BCUT2D eigenvalue weighted by Crippen LogP contribution is 2.22. The minimum atomic E-state index is -0.503. The molecule has 0 unspecified atom stereocenters. The van der Waals surface area contributed by atoms with Gasteiger partial charge in [-0.1, -0.05) is 13.3 Å². The van der Waals surface area contributed by atoms with Gasteiger partial charge in [0.15, 0.2) is 5.78 Å². The van der Waals surface area contributed by atoms with Gasteiger partial charge in [-0.25, -0.2) is 4.79 Å². The number of amides is 1. The maximum absolute atomic E-state index is 12.0. The van der Waals surface area contributed by atoms with E-state index in [1.165, 1.54) is 0 Å². The molecule has 4 nitrogen and oxygen atoms in total. The van der Waals surface area contributed by atoms with Crippen molar-refractivity contribution in [3.63, 3.8) is 0 Å². The molecule has 0 radical (unpaired) electrons. The number of hydrogen-bond donors (Lipinski definition) is 0. The fourth-order valence-corrected chi connectivity index (χ4v) is 2.16. The van der Waals surface area contributed by atoms with Gasteiger partial charge in [0.05, 0.1) is 6.04 Å². The molecule has 4 heteroatoms. The lowest BCUT2D eigenvalue weighted by atomic mass is 10.0. The molecule has 0 aromatic heterocycles. The molecule has 0 saturated carbocycles. The third kappa shape index (κ3) is 4.31. The molecule has 0 bridgehead atoms. The average Bonchev–Trinajstić information content (AvgIpc) is 2.72. The van der Waals surface area contributed by atoms with Crippen molar-refractivity contribution >= 4 is 11.9 Å². The molecule has 1 aliphatic heterocycles. The molecule has 0 aromatic rings. The quantitative estimate of drug-likeness (QED) is 0.775. The fourth-order valence-electron chi connectivity index (χ4n) is 2.16. The van der Waals surface area contributed by atoms with Gasteiger partial charge in [0.1, 0.15) is 5.60 Å². The smallest absolute Gasteiger partial charge is 0.410 e. The van der Waals surface area contributed by atoms with Gasteiger partial charge in [-0.05, 0) is 40.0 Å². The lowest BCUT2D eigenvalue weighted by molar-refractivity contribution is -0.123. The van der Waals surface area contributed by atoms with Crippen LogP contribution in [0.5, 0.6) is 0 Å². The molecule has 1 heterocycles. The summed E-state index contributed by atoms with van der Waals surface area (Å²) in [5.41, 5.74) is -0.503. The van der Waals surface area contributed by atoms with Gasteiger partial charge in [-0.15, -0.1) is 0 Å². The van der Waals surface area contributed by atoms with Crippen molar-refractivity contribution in [1.29, 1.82) is 0 Å². The summed E-state index contributed by atoms with van der Waals surface area (Å²) < 4.78 is 5.34. The van der Waals surface area contributed by atoms with Crippen molar-refractivity contribution in [1.82, 2.24) is 4.90 Å². The number of unbranched alkanes of at least 4 members (excludes halogenated alkanes) is 1. The van der Waals surface area contributed by atoms with E-state index in [-0.39, 0.29) is 17.9 Å². The van der Waals surface area contributed by atoms with Crippen LogP contribution in [0.15, 0.2) is 0 Å². The SMILES string of the molecule is CCCCC(=O)[C@@H]1CCCN1C(=O)OC(C)(C)C. The zero-order chi connectivity index (χ0) is 13.8. The maximum atomic E-state index is 12.0. The number of rotatable bonds is 4. The summed E-state index contributed by atoms with van der Waals surface area (Å²) in [4.78, 5) is 25.6. The first-order valence-electron chi connectivity index (χ1n) is 6.87. The molecular formula is C14H25NO3. The molecule has 104 valence electrons. The van der Waals surface area contributed by atoms with Gasteiger partial charge in [0.2, 0.25) is 0 Å². The Labute approximate surface area is 110 Å². The number of Topliss-reactive ketones (excluding diaryl/α,β-unsaturated/α-hetero) is 1. The van der Waals surface area contributed by atoms with E-state index < -0.39 is 5.60 Å². The highest BCUT2D eigenvalue weighted by molar-refractivity contribution is 5.87. The minimum absolute atomic E-state index is 0.181. The van der Waals surface area contributed by atoms with Gasteiger partial charge >= 0.3 is 6.09 Å². The van der Waals surface area contributed by atoms with Crippen LogP contribution in [0, 0.1) is 0 Å². The van der Waals surface area contributed by atoms with E-state index in [0.29, 0.717) is 13.0 Å². The van der Waals surface area contributed by atoms with Crippen molar-refractivity contribution in [2.45, 2.75) is 71.4 Å². The number of nitrogens with zero attached hydrogens (tertiary/aromatic N) is 1. The standard InChI is InChI=1S/C14H25NO3/c1-5-6-9-12(16)11-8-7-10-15(11)13(17)18-14(2,3)4/h11H,5-10H2,1-4H3/t11-/m0/s1. The van der Waals surface area contributed by atoms with E-state index in [1.807, 2.05) is 20.8 Å². The predicted molar refractivity (Wildman–Crippen MR) is 70.5 cm³/mol. The Bertz CT molecular complexity index is 307. The Balaban J connectivity index is 2.59. The molecule has 0 spiro atoms. The van der Waals surface area contributed by atoms with Crippen LogP contribution in [-0.4, -0.2) is 35.0 Å². The number of ketones is 1. The summed E-state index contributed by atoms with van der Waals surface area (Å²) in [6.07, 6.45) is 3.79. The van der Waals surface area contributed by atoms with E-state index in [1.54, 1.807) is 4.90 Å². The number of hydrogen-bond acceptors (Lipinski definition) is 3. The molecule has 1 aliphatic rings. The van der Waals surface area contributed by atoms with Crippen molar-refractivity contribution in [3.8, 4) is 0 Å². The predicted octanol–water partition coefficient (Wildman–Crippen LogP) is 3.15. The van der Waals surface area contributed by atoms with Gasteiger partial charge in [-0.2, -0.15) is 0 Å². The van der Waals surface area contributed by atoms with Crippen LogP contribution in [0.3, 0.4) is 0 Å². The van der Waals surface area contributed by atoms with E-state index in [0.717, 1.165) is 25.7 Å². The normalized spacial score (nSPS) is 20.0. The number of carbonyl (C=O) groups excluding carboxylic acids is 2. The molecule has 0 N–H and O–H groups in total. The molecule has 1 atom stereocenters. The second-order valence-electron chi connectivity index (χ2n) is 5.90. The Morgan fingerprint density at radius 1 is 1.33 bits per heavy atom. The van der Waals surface area contributed by atoms with Crippen molar-refractivity contribution in [2.24, 2.45) is 0 Å². The van der Waals surface area contributed by atoms with Crippen molar-refractivity contribution in [2.75, 3.05) is 6.54 Å². The number of ether oxygens (including phenoxy) is 1. The Morgan fingerprint density at radius 2 is 2.00 bits per heavy atom. The van der Waals surface area contributed by atoms with E-state index in [2.05, 4.69) is 6.92 Å². The summed E-state index contributed by atoms with van der Waals surface area (Å²) in [6, 6.07) is -0.258. The molecule has 1 rings (SSSR count). The van der Waals surface area contributed by atoms with Crippen molar-refractivity contribution < 1.29 is 14.3 Å². The Morgan fingerprint density at radius 3 is 2.56 bits per heavy atom. The Kier molecular flexibility index (Phi) is 5.17. The maximum Gasteiger partial charge on any atom is 0.410 e. The molecule has 0 aliphatic carbocycles. The van der Waals surface area contributed by atoms with Crippen molar-refractivity contribution in [3.05, 3.63) is 0 Å². The van der Waals surface area contributed by atoms with Gasteiger partial charge in [0, 0.05) is 13.0 Å². The number of carbonyl (C=O) groups is 2. The molecule has 18 heavy (non-hydrogen) atoms. The van der Waals surface area contributed by atoms with Crippen LogP contribution in [0.25, 0.3) is 0 Å². The van der Waals surface area contributed by atoms with Crippen LogP contribution in [0.2, 0.25) is 0 Å². The van der Waals surface area contributed by atoms with Crippen LogP contribution >= 0.6 is 0 Å². The van der Waals surface area contributed by atoms with Crippen LogP contribution in [0.1, 0.15) is 59.8 Å². The third-order valence-electron chi connectivity index (χ3n) is 3.03. The molecule has 1 fully saturated rings. The summed E-state index contributed by atoms with van der Waals surface area (Å²) in [7, 11) is 0. The summed E-state index contributed by atoms with van der Waals surface area (Å²) >= 11 is 0. The fraction of sp³-hybridized carbons (Fsp3) is 0.857. The summed E-state index contributed by atoms with van der Waals surface area (Å²) in [5, 5.41) is 0.